The molecule has 0 aromatic carbocycles. The van der Waals surface area contributed by atoms with E-state index in [9.17, 15) is 14.9 Å². The van der Waals surface area contributed by atoms with Gasteiger partial charge in [0.25, 0.3) is 0 Å². The molecule has 0 aliphatic rings. The van der Waals surface area contributed by atoms with Crippen LogP contribution in [0.3, 0.4) is 0 Å². The molecule has 1 N–H and O–H groups in total. The van der Waals surface area contributed by atoms with Crippen molar-refractivity contribution in [3.63, 3.8) is 0 Å². The second kappa shape index (κ2) is 5.51. The lowest BCUT2D eigenvalue weighted by molar-refractivity contribution is -0.483. The second-order valence-corrected chi connectivity index (χ2v) is 2.70. The Kier molecular flexibility index (Phi) is 4.99. The van der Waals surface area contributed by atoms with E-state index in [0.717, 1.165) is 6.42 Å². The molecule has 0 radical (unpaired) electrons. The molecule has 0 rings (SSSR count). The third-order valence-electron chi connectivity index (χ3n) is 1.41. The minimum Gasteiger partial charge on any atom is -0.347 e. The summed E-state index contributed by atoms with van der Waals surface area (Å²) in [5.41, 5.74) is 0. The molecule has 0 aromatic rings. The van der Waals surface area contributed by atoms with E-state index in [2.05, 4.69) is 5.32 Å². The first-order valence-corrected chi connectivity index (χ1v) is 3.95. The maximum Gasteiger partial charge on any atom is 0.223 e. The Balaban J connectivity index is 3.85. The number of nitrogens with one attached hydrogen (secondary N) is 1. The molecule has 0 bridgehead atoms. The van der Waals surface area contributed by atoms with Crippen LogP contribution in [0.2, 0.25) is 0 Å². The molecule has 5 heteroatoms. The van der Waals surface area contributed by atoms with Crippen LogP contribution in [-0.4, -0.2) is 23.4 Å². The molecule has 0 unspecified atom stereocenters. The molecule has 70 valence electrons. The highest BCUT2D eigenvalue weighted by Gasteiger charge is 2.14. The van der Waals surface area contributed by atoms with Gasteiger partial charge in [0.2, 0.25) is 12.5 Å². The van der Waals surface area contributed by atoms with E-state index in [4.69, 9.17) is 0 Å². The van der Waals surface area contributed by atoms with E-state index in [1.54, 1.807) is 0 Å². The van der Waals surface area contributed by atoms with Crippen LogP contribution in [0.4, 0.5) is 0 Å². The molecular weight excluding hydrogens is 160 g/mol. The number of rotatable bonds is 5. The zero-order valence-corrected chi connectivity index (χ0v) is 7.37. The van der Waals surface area contributed by atoms with Crippen LogP contribution in [0.25, 0.3) is 0 Å². The highest BCUT2D eigenvalue weighted by molar-refractivity contribution is 5.73. The van der Waals surface area contributed by atoms with Crippen LogP contribution in [-0.2, 0) is 4.79 Å². The Labute approximate surface area is 71.3 Å². The highest BCUT2D eigenvalue weighted by atomic mass is 16.6. The number of hydrogen-bond acceptors (Lipinski definition) is 3. The number of nitrogens with zero attached hydrogens (tertiary/aromatic N) is 1. The lowest BCUT2D eigenvalue weighted by Crippen LogP contribution is -2.38. The standard InChI is InChI=1S/C7H14N2O3/c1-3-4-7(5-9(11)12)8-6(2)10/h7H,3-5H2,1-2H3,(H,8,10)/t7-/m0/s1. The van der Waals surface area contributed by atoms with E-state index in [1.165, 1.54) is 6.92 Å². The Morgan fingerprint density at radius 1 is 1.67 bits per heavy atom. The molecule has 0 aliphatic carbocycles. The van der Waals surface area contributed by atoms with Gasteiger partial charge in [0.05, 0.1) is 6.04 Å². The molecule has 5 nitrogen and oxygen atoms in total. The Hall–Kier alpha value is -1.13. The van der Waals surface area contributed by atoms with Crippen LogP contribution in [0, 0.1) is 10.1 Å². The number of amides is 1. The van der Waals surface area contributed by atoms with Gasteiger partial charge in [-0.1, -0.05) is 13.3 Å². The van der Waals surface area contributed by atoms with Crippen LogP contribution < -0.4 is 5.32 Å². The minimum absolute atomic E-state index is 0.187. The molecule has 0 fully saturated rings. The predicted octanol–water partition coefficient (Wildman–Crippen LogP) is 0.568. The van der Waals surface area contributed by atoms with Gasteiger partial charge in [-0.2, -0.15) is 0 Å². The molecule has 0 saturated carbocycles. The molecular formula is C7H14N2O3. The van der Waals surface area contributed by atoms with E-state index in [-0.39, 0.29) is 18.5 Å². The van der Waals surface area contributed by atoms with Crippen LogP contribution >= 0.6 is 0 Å². The van der Waals surface area contributed by atoms with Gasteiger partial charge in [0.1, 0.15) is 0 Å². The molecule has 0 aromatic heterocycles. The molecule has 12 heavy (non-hydrogen) atoms. The lowest BCUT2D eigenvalue weighted by atomic mass is 10.1. The van der Waals surface area contributed by atoms with Gasteiger partial charge >= 0.3 is 0 Å². The first-order valence-electron chi connectivity index (χ1n) is 3.95. The van der Waals surface area contributed by atoms with Gasteiger partial charge in [-0.15, -0.1) is 0 Å². The summed E-state index contributed by atoms with van der Waals surface area (Å²) >= 11 is 0. The summed E-state index contributed by atoms with van der Waals surface area (Å²) < 4.78 is 0. The molecule has 0 heterocycles. The van der Waals surface area contributed by atoms with Crippen molar-refractivity contribution in [3.05, 3.63) is 10.1 Å². The van der Waals surface area contributed by atoms with Crippen molar-refractivity contribution < 1.29 is 9.72 Å². The maximum atomic E-state index is 10.6. The fourth-order valence-corrected chi connectivity index (χ4v) is 1.02. The van der Waals surface area contributed by atoms with Gasteiger partial charge in [-0.3, -0.25) is 14.9 Å². The van der Waals surface area contributed by atoms with Crippen molar-refractivity contribution in [3.8, 4) is 0 Å². The fourth-order valence-electron chi connectivity index (χ4n) is 1.02. The summed E-state index contributed by atoms with van der Waals surface area (Å²) in [5.74, 6) is -0.213. The zero-order chi connectivity index (χ0) is 9.56. The monoisotopic (exact) mass is 174 g/mol. The van der Waals surface area contributed by atoms with Crippen molar-refractivity contribution in [2.75, 3.05) is 6.54 Å². The average Bonchev–Trinajstić information content (AvgIpc) is 1.84. The van der Waals surface area contributed by atoms with E-state index in [0.29, 0.717) is 6.42 Å². The van der Waals surface area contributed by atoms with Crippen molar-refractivity contribution in [1.82, 2.24) is 5.32 Å². The quantitative estimate of drug-likeness (QED) is 0.489. The SMILES string of the molecule is CCC[C@@H](C[N+](=O)[O-])NC(C)=O. The number of hydrogen-bond donors (Lipinski definition) is 1. The summed E-state index contributed by atoms with van der Waals surface area (Å²) in [5, 5.41) is 12.7. The first kappa shape index (κ1) is 10.9. The van der Waals surface area contributed by atoms with Crippen LogP contribution in [0.1, 0.15) is 26.7 Å². The molecule has 0 spiro atoms. The highest BCUT2D eigenvalue weighted by Crippen LogP contribution is 1.96. The lowest BCUT2D eigenvalue weighted by Gasteiger charge is -2.11. The van der Waals surface area contributed by atoms with E-state index in [1.807, 2.05) is 6.92 Å². The third kappa shape index (κ3) is 5.64. The summed E-state index contributed by atoms with van der Waals surface area (Å²) in [6.45, 7) is 3.10. The van der Waals surface area contributed by atoms with Crippen molar-refractivity contribution in [2.24, 2.45) is 0 Å². The third-order valence-corrected chi connectivity index (χ3v) is 1.41. The van der Waals surface area contributed by atoms with Crippen molar-refractivity contribution in [1.29, 1.82) is 0 Å². The summed E-state index contributed by atoms with van der Waals surface area (Å²) in [7, 11) is 0. The topological polar surface area (TPSA) is 72.2 Å². The minimum atomic E-state index is -0.406. The van der Waals surface area contributed by atoms with Crippen LogP contribution in [0.5, 0.6) is 0 Å². The van der Waals surface area contributed by atoms with Gasteiger partial charge in [-0.25, -0.2) is 0 Å². The Morgan fingerprint density at radius 2 is 2.25 bits per heavy atom. The summed E-state index contributed by atoms with van der Waals surface area (Å²) in [6, 6.07) is -0.317. The number of nitro groups is 1. The van der Waals surface area contributed by atoms with Crippen molar-refractivity contribution >= 4 is 5.91 Å². The predicted molar refractivity (Wildman–Crippen MR) is 44.4 cm³/mol. The van der Waals surface area contributed by atoms with E-state index < -0.39 is 4.92 Å². The molecule has 1 atom stereocenters. The molecule has 1 amide bonds. The van der Waals surface area contributed by atoms with Crippen molar-refractivity contribution in [2.45, 2.75) is 32.7 Å². The zero-order valence-electron chi connectivity index (χ0n) is 7.37. The first-order chi connectivity index (χ1) is 5.56. The smallest absolute Gasteiger partial charge is 0.223 e. The largest absolute Gasteiger partial charge is 0.347 e. The maximum absolute atomic E-state index is 10.6. The van der Waals surface area contributed by atoms with Gasteiger partial charge in [-0.05, 0) is 6.42 Å². The second-order valence-electron chi connectivity index (χ2n) is 2.70. The van der Waals surface area contributed by atoms with Gasteiger partial charge in [0, 0.05) is 11.8 Å². The summed E-state index contributed by atoms with van der Waals surface area (Å²) in [4.78, 5) is 20.3. The fraction of sp³-hybridized carbons (Fsp3) is 0.857. The Morgan fingerprint density at radius 3 is 2.58 bits per heavy atom. The van der Waals surface area contributed by atoms with Gasteiger partial charge in [0.15, 0.2) is 0 Å². The number of carbonyl (C=O) groups is 1. The average molecular weight is 174 g/mol. The van der Waals surface area contributed by atoms with Crippen LogP contribution in [0.15, 0.2) is 0 Å². The summed E-state index contributed by atoms with van der Waals surface area (Å²) in [6.07, 6.45) is 1.49. The van der Waals surface area contributed by atoms with Gasteiger partial charge < -0.3 is 5.32 Å². The normalized spacial score (nSPS) is 12.2. The molecule has 0 saturated heterocycles. The van der Waals surface area contributed by atoms with E-state index >= 15 is 0 Å². The number of carbonyl (C=O) groups excluding carboxylic acids is 1. The molecule has 0 aliphatic heterocycles. The Bertz CT molecular complexity index is 154.